The summed E-state index contributed by atoms with van der Waals surface area (Å²) in [5.74, 6) is -3.48. The van der Waals surface area contributed by atoms with Gasteiger partial charge in [-0.25, -0.2) is 14.0 Å². The number of hydrogen-bond acceptors (Lipinski definition) is 9. The predicted molar refractivity (Wildman–Crippen MR) is 166 cm³/mol. The van der Waals surface area contributed by atoms with Gasteiger partial charge in [0.25, 0.3) is 0 Å². The third-order valence-electron chi connectivity index (χ3n) is 8.18. The summed E-state index contributed by atoms with van der Waals surface area (Å²) >= 11 is 0. The summed E-state index contributed by atoms with van der Waals surface area (Å²) < 4.78 is 27.3. The largest absolute Gasteiger partial charge is 0.480 e. The number of nitrogens with one attached hydrogen (secondary N) is 1. The molecule has 1 fully saturated rings. The van der Waals surface area contributed by atoms with Crippen molar-refractivity contribution in [2.45, 2.75) is 109 Å². The van der Waals surface area contributed by atoms with E-state index in [1.165, 1.54) is 17.9 Å². The van der Waals surface area contributed by atoms with Crippen LogP contribution in [0.2, 0.25) is 0 Å². The zero-order valence-corrected chi connectivity index (χ0v) is 26.9. The number of nitrogens with two attached hydrogens (primary N) is 1. The number of unbranched alkanes of at least 4 members (excludes halogenated alkanes) is 3. The summed E-state index contributed by atoms with van der Waals surface area (Å²) in [5.41, 5.74) is 8.79. The van der Waals surface area contributed by atoms with Crippen LogP contribution in [0.5, 0.6) is 0 Å². The molecule has 14 heteroatoms. The molecular weight excluding hydrogens is 603 g/mol. The van der Waals surface area contributed by atoms with Crippen LogP contribution >= 0.6 is 0 Å². The van der Waals surface area contributed by atoms with E-state index in [0.717, 1.165) is 42.5 Å². The second-order valence-corrected chi connectivity index (χ2v) is 12.5. The van der Waals surface area contributed by atoms with E-state index in [2.05, 4.69) is 5.32 Å². The standard InChI is InChI=1S/C32H49FN4O9/c1-19(2)17-46-27(40)18-45-26-10-12-37(29(26)30(41)35-28(20(3)39)32(43)44)31(42)24(34)14-21-16-36(11-6-4-5-7-13-38)25-9-8-22(33)15-23(21)25/h8-9,16,19-20,22,24,26,28-29,38-39H,4-7,10-15,17-18,34H2,1-3H3,(H,35,41)(H,43,44)/t20-,22?,24+,26+,28+,29+/m1/s1. The van der Waals surface area contributed by atoms with Gasteiger partial charge in [-0.2, -0.15) is 0 Å². The summed E-state index contributed by atoms with van der Waals surface area (Å²) in [7, 11) is 0. The Balaban J connectivity index is 1.78. The van der Waals surface area contributed by atoms with Gasteiger partial charge in [0.1, 0.15) is 18.8 Å². The second kappa shape index (κ2) is 17.5. The third kappa shape index (κ3) is 10.1. The first-order chi connectivity index (χ1) is 21.8. The molecule has 13 nitrogen and oxygen atoms in total. The molecule has 2 heterocycles. The van der Waals surface area contributed by atoms with E-state index in [0.29, 0.717) is 6.54 Å². The van der Waals surface area contributed by atoms with Crippen molar-refractivity contribution in [3.63, 3.8) is 0 Å². The molecule has 2 aliphatic rings. The number of carboxylic acid groups (broad SMARTS) is 1. The lowest BCUT2D eigenvalue weighted by molar-refractivity contribution is -0.155. The molecule has 258 valence electrons. The van der Waals surface area contributed by atoms with Crippen molar-refractivity contribution < 1.29 is 48.4 Å². The van der Waals surface area contributed by atoms with Gasteiger partial charge >= 0.3 is 11.9 Å². The number of ether oxygens (including phenoxy) is 2. The average Bonchev–Trinajstić information content (AvgIpc) is 3.57. The number of esters is 1. The van der Waals surface area contributed by atoms with E-state index < -0.39 is 66.9 Å². The molecule has 0 radical (unpaired) electrons. The van der Waals surface area contributed by atoms with E-state index in [-0.39, 0.29) is 44.9 Å². The molecule has 1 saturated heterocycles. The lowest BCUT2D eigenvalue weighted by Crippen LogP contribution is -2.58. The normalized spacial score (nSPS) is 21.1. The molecule has 1 aromatic rings. The van der Waals surface area contributed by atoms with E-state index in [1.807, 2.05) is 24.6 Å². The number of hydrogen-bond donors (Lipinski definition) is 5. The summed E-state index contributed by atoms with van der Waals surface area (Å²) in [6, 6.07) is -4.09. The van der Waals surface area contributed by atoms with E-state index >= 15 is 0 Å². The smallest absolute Gasteiger partial charge is 0.332 e. The highest BCUT2D eigenvalue weighted by Crippen LogP contribution is 2.29. The monoisotopic (exact) mass is 652 g/mol. The number of carboxylic acids is 1. The fourth-order valence-corrected chi connectivity index (χ4v) is 5.81. The average molecular weight is 653 g/mol. The number of alkyl halides is 1. The van der Waals surface area contributed by atoms with Gasteiger partial charge in [-0.3, -0.25) is 9.59 Å². The minimum absolute atomic E-state index is 0.0466. The minimum atomic E-state index is -1.65. The number of likely N-dealkylation sites (tertiary alicyclic amines) is 1. The molecule has 6 atom stereocenters. The molecular formula is C32H49FN4O9. The number of aromatic nitrogens is 1. The molecule has 0 aromatic carbocycles. The van der Waals surface area contributed by atoms with Gasteiger partial charge in [-0.15, -0.1) is 0 Å². The first-order valence-corrected chi connectivity index (χ1v) is 16.0. The zero-order valence-electron chi connectivity index (χ0n) is 26.9. The highest BCUT2D eigenvalue weighted by Gasteiger charge is 2.45. The number of aliphatic hydroxyl groups is 2. The molecule has 6 N–H and O–H groups in total. The van der Waals surface area contributed by atoms with Crippen molar-refractivity contribution in [2.75, 3.05) is 26.4 Å². The van der Waals surface area contributed by atoms with Crippen LogP contribution in [0.15, 0.2) is 12.3 Å². The summed E-state index contributed by atoms with van der Waals surface area (Å²) in [6.07, 6.45) is 5.34. The fourth-order valence-electron chi connectivity index (χ4n) is 5.81. The minimum Gasteiger partial charge on any atom is -0.480 e. The van der Waals surface area contributed by atoms with Gasteiger partial charge in [0.2, 0.25) is 11.8 Å². The third-order valence-corrected chi connectivity index (χ3v) is 8.18. The summed E-state index contributed by atoms with van der Waals surface area (Å²) in [4.78, 5) is 52.3. The Morgan fingerprint density at radius 2 is 1.87 bits per heavy atom. The molecule has 1 aliphatic heterocycles. The van der Waals surface area contributed by atoms with Crippen LogP contribution in [-0.2, 0) is 48.0 Å². The van der Waals surface area contributed by atoms with Crippen molar-refractivity contribution in [1.82, 2.24) is 14.8 Å². The van der Waals surface area contributed by atoms with Crippen LogP contribution in [-0.4, -0.2) is 111 Å². The summed E-state index contributed by atoms with van der Waals surface area (Å²) in [6.45, 7) is 5.53. The van der Waals surface area contributed by atoms with Gasteiger partial charge in [0.15, 0.2) is 6.04 Å². The van der Waals surface area contributed by atoms with Gasteiger partial charge in [-0.1, -0.05) is 26.7 Å². The lowest BCUT2D eigenvalue weighted by Gasteiger charge is -2.30. The Labute approximate surface area is 268 Å². The van der Waals surface area contributed by atoms with Crippen LogP contribution in [0.1, 0.15) is 69.7 Å². The van der Waals surface area contributed by atoms with Crippen molar-refractivity contribution >= 4 is 29.8 Å². The second-order valence-electron chi connectivity index (χ2n) is 12.5. The van der Waals surface area contributed by atoms with Crippen molar-refractivity contribution in [2.24, 2.45) is 11.7 Å². The number of allylic oxidation sites excluding steroid dienone is 1. The Morgan fingerprint density at radius 3 is 2.52 bits per heavy atom. The lowest BCUT2D eigenvalue weighted by atomic mass is 9.95. The quantitative estimate of drug-likeness (QED) is 0.113. The van der Waals surface area contributed by atoms with Crippen LogP contribution in [0.4, 0.5) is 4.39 Å². The number of fused-ring (bicyclic) bond motifs is 1. The molecule has 0 bridgehead atoms. The maximum atomic E-state index is 14.4. The SMILES string of the molecule is CC(C)COC(=O)CO[C@H]1CCN(C(=O)[C@@H](N)Cc2cn(CCCCCCO)c3c2CC(F)C=C3)[C@@H]1C(=O)N[C@H](C(=O)O)[C@@H](C)O. The van der Waals surface area contributed by atoms with Gasteiger partial charge in [-0.05, 0) is 61.8 Å². The van der Waals surface area contributed by atoms with Crippen LogP contribution in [0.25, 0.3) is 6.08 Å². The van der Waals surface area contributed by atoms with Gasteiger partial charge in [0, 0.05) is 38.0 Å². The maximum Gasteiger partial charge on any atom is 0.332 e. The molecule has 0 saturated carbocycles. The summed E-state index contributed by atoms with van der Waals surface area (Å²) in [5, 5.41) is 30.7. The molecule has 1 aromatic heterocycles. The van der Waals surface area contributed by atoms with Crippen LogP contribution < -0.4 is 11.1 Å². The first kappa shape index (κ1) is 37.1. The van der Waals surface area contributed by atoms with E-state index in [4.69, 9.17) is 20.3 Å². The number of aryl methyl sites for hydroxylation is 1. The number of carbonyl (C=O) groups is 4. The van der Waals surface area contributed by atoms with Gasteiger partial charge in [0.05, 0.1) is 24.9 Å². The Hall–Kier alpha value is -3.33. The maximum absolute atomic E-state index is 14.4. The number of carbonyl (C=O) groups excluding carboxylic acids is 3. The highest BCUT2D eigenvalue weighted by molar-refractivity contribution is 5.93. The zero-order chi connectivity index (χ0) is 34.0. The Morgan fingerprint density at radius 1 is 1.15 bits per heavy atom. The molecule has 0 spiro atoms. The number of rotatable bonds is 18. The number of aliphatic hydroxyl groups excluding tert-OH is 2. The van der Waals surface area contributed by atoms with Crippen LogP contribution in [0.3, 0.4) is 0 Å². The fraction of sp³-hybridized carbons (Fsp3) is 0.688. The number of aliphatic carboxylic acids is 1. The number of nitrogens with zero attached hydrogens (tertiary/aromatic N) is 2. The first-order valence-electron chi connectivity index (χ1n) is 16.0. The topological polar surface area (TPSA) is 194 Å². The Kier molecular flexibility index (Phi) is 14.2. The molecule has 46 heavy (non-hydrogen) atoms. The van der Waals surface area contributed by atoms with E-state index in [1.54, 1.807) is 6.08 Å². The molecule has 1 unspecified atom stereocenters. The molecule has 1 aliphatic carbocycles. The van der Waals surface area contributed by atoms with Crippen molar-refractivity contribution in [3.8, 4) is 0 Å². The van der Waals surface area contributed by atoms with Crippen molar-refractivity contribution in [1.29, 1.82) is 0 Å². The Bertz CT molecular complexity index is 1230. The van der Waals surface area contributed by atoms with Gasteiger partial charge < -0.3 is 45.3 Å². The number of halogens is 1. The predicted octanol–water partition coefficient (Wildman–Crippen LogP) is 0.954. The van der Waals surface area contributed by atoms with Crippen molar-refractivity contribution in [3.05, 3.63) is 29.1 Å². The molecule has 3 rings (SSSR count). The number of amides is 2. The van der Waals surface area contributed by atoms with E-state index in [9.17, 15) is 33.8 Å². The molecule has 2 amide bonds. The van der Waals surface area contributed by atoms with Crippen LogP contribution in [0, 0.1) is 5.92 Å². The highest BCUT2D eigenvalue weighted by atomic mass is 19.1.